The van der Waals surface area contributed by atoms with Crippen molar-refractivity contribution in [3.63, 3.8) is 0 Å². The van der Waals surface area contributed by atoms with Crippen molar-refractivity contribution >= 4 is 28.5 Å². The highest BCUT2D eigenvalue weighted by atomic mass is 32.1. The van der Waals surface area contributed by atoms with E-state index in [0.29, 0.717) is 22.3 Å². The first-order valence-electron chi connectivity index (χ1n) is 4.81. The molecule has 17 heavy (non-hydrogen) atoms. The molecule has 0 saturated heterocycles. The topological polar surface area (TPSA) is 77.0 Å². The van der Waals surface area contributed by atoms with Gasteiger partial charge in [-0.15, -0.1) is 0 Å². The van der Waals surface area contributed by atoms with Gasteiger partial charge in [-0.1, -0.05) is 0 Å². The van der Waals surface area contributed by atoms with E-state index in [4.69, 9.17) is 0 Å². The smallest absolute Gasteiger partial charge is 0.338 e. The van der Waals surface area contributed by atoms with E-state index in [2.05, 4.69) is 24.4 Å². The number of carbonyl (C=O) groups excluding carboxylic acids is 1. The third kappa shape index (κ3) is 2.76. The monoisotopic (exact) mass is 250 g/mol. The summed E-state index contributed by atoms with van der Waals surface area (Å²) in [5.74, 6) is 0.828. The van der Waals surface area contributed by atoms with E-state index in [1.165, 1.54) is 24.8 Å². The van der Waals surface area contributed by atoms with Gasteiger partial charge < -0.3 is 10.1 Å². The first-order chi connectivity index (χ1) is 8.19. The maximum absolute atomic E-state index is 11.3. The Kier molecular flexibility index (Phi) is 3.29. The highest BCUT2D eigenvalue weighted by Crippen LogP contribution is 2.17. The summed E-state index contributed by atoms with van der Waals surface area (Å²) in [4.78, 5) is 19.5. The van der Waals surface area contributed by atoms with E-state index >= 15 is 0 Å². The molecule has 0 unspecified atom stereocenters. The number of pyridine rings is 1. The summed E-state index contributed by atoms with van der Waals surface area (Å²) in [5, 5.41) is 3.61. The first kappa shape index (κ1) is 11.5. The van der Waals surface area contributed by atoms with Crippen molar-refractivity contribution in [2.75, 3.05) is 12.4 Å². The minimum Gasteiger partial charge on any atom is -0.465 e. The summed E-state index contributed by atoms with van der Waals surface area (Å²) >= 11 is 1.24. The quantitative estimate of drug-likeness (QED) is 0.836. The molecule has 0 radical (unpaired) electrons. The molecule has 0 amide bonds. The van der Waals surface area contributed by atoms with E-state index < -0.39 is 5.97 Å². The van der Waals surface area contributed by atoms with E-state index in [1.807, 2.05) is 0 Å². The summed E-state index contributed by atoms with van der Waals surface area (Å²) in [6, 6.07) is 3.19. The van der Waals surface area contributed by atoms with Crippen LogP contribution in [-0.4, -0.2) is 27.4 Å². The van der Waals surface area contributed by atoms with Gasteiger partial charge in [-0.25, -0.2) is 14.8 Å². The van der Waals surface area contributed by atoms with Crippen LogP contribution in [0.25, 0.3) is 0 Å². The maximum atomic E-state index is 11.3. The predicted octanol–water partition coefficient (Wildman–Crippen LogP) is 1.77. The Labute approximate surface area is 102 Å². The molecule has 2 rings (SSSR count). The molecule has 0 aromatic carbocycles. The molecule has 0 bridgehead atoms. The van der Waals surface area contributed by atoms with Gasteiger partial charge in [-0.05, 0) is 19.1 Å². The zero-order chi connectivity index (χ0) is 12.3. The molecule has 7 heteroatoms. The molecule has 0 spiro atoms. The van der Waals surface area contributed by atoms with Crippen molar-refractivity contribution in [2.24, 2.45) is 0 Å². The molecule has 0 atom stereocenters. The van der Waals surface area contributed by atoms with E-state index in [9.17, 15) is 4.79 Å². The molecule has 6 nitrogen and oxygen atoms in total. The van der Waals surface area contributed by atoms with Crippen LogP contribution in [0.4, 0.5) is 10.9 Å². The Bertz CT molecular complexity index is 541. The molecule has 2 aromatic heterocycles. The van der Waals surface area contributed by atoms with Crippen LogP contribution >= 0.6 is 11.5 Å². The van der Waals surface area contributed by atoms with Crippen LogP contribution < -0.4 is 5.32 Å². The third-order valence-corrected chi connectivity index (χ3v) is 2.67. The fourth-order valence-electron chi connectivity index (χ4n) is 1.20. The summed E-state index contributed by atoms with van der Waals surface area (Å²) < 4.78 is 8.66. The number of hydrogen-bond acceptors (Lipinski definition) is 7. The molecule has 0 aliphatic carbocycles. The summed E-state index contributed by atoms with van der Waals surface area (Å²) in [6.45, 7) is 1.81. The van der Waals surface area contributed by atoms with Crippen LogP contribution in [0.2, 0.25) is 0 Å². The number of nitrogens with zero attached hydrogens (tertiary/aromatic N) is 3. The summed E-state index contributed by atoms with van der Waals surface area (Å²) in [7, 11) is 1.34. The maximum Gasteiger partial charge on any atom is 0.338 e. The Morgan fingerprint density at radius 3 is 3.00 bits per heavy atom. The molecule has 0 saturated carbocycles. The number of hydrogen-bond donors (Lipinski definition) is 1. The van der Waals surface area contributed by atoms with Gasteiger partial charge in [-0.2, -0.15) is 4.37 Å². The lowest BCUT2D eigenvalue weighted by molar-refractivity contribution is 0.0600. The fourth-order valence-corrected chi connectivity index (χ4v) is 1.78. The normalized spacial score (nSPS) is 10.0. The second-order valence-corrected chi connectivity index (χ2v) is 3.94. The van der Waals surface area contributed by atoms with E-state index in [0.717, 1.165) is 0 Å². The van der Waals surface area contributed by atoms with Gasteiger partial charge in [0.1, 0.15) is 11.6 Å². The first-order valence-corrected chi connectivity index (χ1v) is 5.58. The number of carbonyl (C=O) groups is 1. The minimum atomic E-state index is -0.399. The molecule has 0 fully saturated rings. The minimum absolute atomic E-state index is 0.399. The highest BCUT2D eigenvalue weighted by molar-refractivity contribution is 7.09. The number of anilines is 2. The standard InChI is InChI=1S/C10H10N4O2S/c1-6-12-10(17-14-6)13-8-5-7(3-4-11-8)9(15)16-2/h3-5H,1-2H3,(H,11,12,13,14). The average molecular weight is 250 g/mol. The Morgan fingerprint density at radius 1 is 1.53 bits per heavy atom. The Morgan fingerprint density at radius 2 is 2.35 bits per heavy atom. The zero-order valence-electron chi connectivity index (χ0n) is 9.30. The number of aryl methyl sites for hydroxylation is 1. The number of esters is 1. The molecular formula is C10H10N4O2S. The van der Waals surface area contributed by atoms with Crippen molar-refractivity contribution in [2.45, 2.75) is 6.92 Å². The van der Waals surface area contributed by atoms with Gasteiger partial charge in [0.05, 0.1) is 12.7 Å². The number of methoxy groups -OCH3 is 1. The Balaban J connectivity index is 2.19. The number of rotatable bonds is 3. The van der Waals surface area contributed by atoms with Crippen LogP contribution in [0, 0.1) is 6.92 Å². The molecular weight excluding hydrogens is 240 g/mol. The van der Waals surface area contributed by atoms with Crippen molar-refractivity contribution in [1.29, 1.82) is 0 Å². The summed E-state index contributed by atoms with van der Waals surface area (Å²) in [5.41, 5.74) is 0.436. The van der Waals surface area contributed by atoms with Gasteiger partial charge in [0, 0.05) is 17.7 Å². The van der Waals surface area contributed by atoms with Crippen LogP contribution in [0.3, 0.4) is 0 Å². The largest absolute Gasteiger partial charge is 0.465 e. The lowest BCUT2D eigenvalue weighted by atomic mass is 10.2. The molecule has 2 heterocycles. The van der Waals surface area contributed by atoms with Crippen LogP contribution in [0.1, 0.15) is 16.2 Å². The predicted molar refractivity (Wildman–Crippen MR) is 63.5 cm³/mol. The van der Waals surface area contributed by atoms with Gasteiger partial charge in [0.25, 0.3) is 0 Å². The van der Waals surface area contributed by atoms with Gasteiger partial charge in [0.2, 0.25) is 5.13 Å². The SMILES string of the molecule is COC(=O)c1ccnc(Nc2nc(C)ns2)c1. The number of aromatic nitrogens is 3. The van der Waals surface area contributed by atoms with E-state index in [-0.39, 0.29) is 0 Å². The van der Waals surface area contributed by atoms with Crippen LogP contribution in [-0.2, 0) is 4.74 Å². The number of ether oxygens (including phenoxy) is 1. The van der Waals surface area contributed by atoms with Crippen molar-refractivity contribution in [3.05, 3.63) is 29.7 Å². The van der Waals surface area contributed by atoms with Crippen molar-refractivity contribution in [3.8, 4) is 0 Å². The second kappa shape index (κ2) is 4.88. The Hall–Kier alpha value is -2.02. The summed E-state index contributed by atoms with van der Waals surface area (Å²) in [6.07, 6.45) is 1.53. The van der Waals surface area contributed by atoms with E-state index in [1.54, 1.807) is 19.1 Å². The van der Waals surface area contributed by atoms with Crippen molar-refractivity contribution in [1.82, 2.24) is 14.3 Å². The fraction of sp³-hybridized carbons (Fsp3) is 0.200. The third-order valence-electron chi connectivity index (χ3n) is 1.94. The van der Waals surface area contributed by atoms with Gasteiger partial charge in [-0.3, -0.25) is 0 Å². The molecule has 0 aliphatic heterocycles. The van der Waals surface area contributed by atoms with Gasteiger partial charge >= 0.3 is 5.97 Å². The molecule has 1 N–H and O–H groups in total. The molecule has 88 valence electrons. The molecule has 0 aliphatic rings. The molecule has 2 aromatic rings. The average Bonchev–Trinajstić information content (AvgIpc) is 2.74. The van der Waals surface area contributed by atoms with Crippen LogP contribution in [0.5, 0.6) is 0 Å². The lowest BCUT2D eigenvalue weighted by Gasteiger charge is -2.03. The highest BCUT2D eigenvalue weighted by Gasteiger charge is 2.07. The number of nitrogens with one attached hydrogen (secondary N) is 1. The van der Waals surface area contributed by atoms with Crippen molar-refractivity contribution < 1.29 is 9.53 Å². The van der Waals surface area contributed by atoms with Gasteiger partial charge in [0.15, 0.2) is 0 Å². The van der Waals surface area contributed by atoms with Crippen LogP contribution in [0.15, 0.2) is 18.3 Å². The lowest BCUT2D eigenvalue weighted by Crippen LogP contribution is -2.02. The zero-order valence-corrected chi connectivity index (χ0v) is 10.1. The second-order valence-electron chi connectivity index (χ2n) is 3.19.